The molecule has 1 saturated carbocycles. The van der Waals surface area contributed by atoms with Gasteiger partial charge in [0.1, 0.15) is 6.04 Å². The lowest BCUT2D eigenvalue weighted by molar-refractivity contribution is -0.154. The smallest absolute Gasteiger partial charge is 0.326 e. The van der Waals surface area contributed by atoms with Gasteiger partial charge in [-0.1, -0.05) is 12.8 Å². The molecule has 5 nitrogen and oxygen atoms in total. The number of likely N-dealkylation sites (tertiary alicyclic amines) is 1. The lowest BCUT2D eigenvalue weighted by Crippen LogP contribution is -2.62. The highest BCUT2D eigenvalue weighted by molar-refractivity contribution is 5.90. The number of carboxylic acids is 1. The molecule has 96 valence electrons. The van der Waals surface area contributed by atoms with Crippen LogP contribution in [0.3, 0.4) is 0 Å². The van der Waals surface area contributed by atoms with Crippen LogP contribution in [-0.2, 0) is 9.59 Å². The lowest BCUT2D eigenvalue weighted by Gasteiger charge is -2.41. The van der Waals surface area contributed by atoms with E-state index in [4.69, 9.17) is 5.73 Å². The molecule has 1 amide bonds. The molecule has 0 spiro atoms. The minimum absolute atomic E-state index is 0.155. The van der Waals surface area contributed by atoms with Crippen molar-refractivity contribution in [3.63, 3.8) is 0 Å². The van der Waals surface area contributed by atoms with E-state index in [-0.39, 0.29) is 5.91 Å². The van der Waals surface area contributed by atoms with Crippen molar-refractivity contribution < 1.29 is 14.7 Å². The predicted molar refractivity (Wildman–Crippen MR) is 62.4 cm³/mol. The molecule has 2 aliphatic rings. The number of hydrogen-bond donors (Lipinski definition) is 2. The van der Waals surface area contributed by atoms with E-state index >= 15 is 0 Å². The summed E-state index contributed by atoms with van der Waals surface area (Å²) in [5.74, 6) is -1.05. The number of carboxylic acid groups (broad SMARTS) is 1. The van der Waals surface area contributed by atoms with Crippen molar-refractivity contribution in [2.24, 2.45) is 5.73 Å². The summed E-state index contributed by atoms with van der Waals surface area (Å²) >= 11 is 0. The minimum Gasteiger partial charge on any atom is -0.480 e. The van der Waals surface area contributed by atoms with Crippen LogP contribution < -0.4 is 5.73 Å². The van der Waals surface area contributed by atoms with Gasteiger partial charge in [-0.3, -0.25) is 4.79 Å². The van der Waals surface area contributed by atoms with E-state index in [1.54, 1.807) is 0 Å². The normalized spacial score (nSPS) is 28.1. The number of rotatable bonds is 2. The average molecular weight is 240 g/mol. The van der Waals surface area contributed by atoms with Crippen LogP contribution in [0.5, 0.6) is 0 Å². The summed E-state index contributed by atoms with van der Waals surface area (Å²) in [6.07, 6.45) is 5.64. The Bertz CT molecular complexity index is 326. The Kier molecular flexibility index (Phi) is 3.38. The van der Waals surface area contributed by atoms with Crippen LogP contribution in [0.4, 0.5) is 0 Å². The quantitative estimate of drug-likeness (QED) is 0.745. The van der Waals surface area contributed by atoms with E-state index in [0.29, 0.717) is 25.8 Å². The van der Waals surface area contributed by atoms with Crippen molar-refractivity contribution >= 4 is 11.9 Å². The molecule has 2 rings (SSSR count). The first-order valence-corrected chi connectivity index (χ1v) is 6.37. The summed E-state index contributed by atoms with van der Waals surface area (Å²) in [5.41, 5.74) is 5.23. The first kappa shape index (κ1) is 12.4. The van der Waals surface area contributed by atoms with Gasteiger partial charge in [0.15, 0.2) is 0 Å². The van der Waals surface area contributed by atoms with Gasteiger partial charge in [0.05, 0.1) is 5.54 Å². The number of amides is 1. The Balaban J connectivity index is 2.14. The highest BCUT2D eigenvalue weighted by Crippen LogP contribution is 2.32. The number of nitrogens with zero attached hydrogens (tertiary/aromatic N) is 1. The second-order valence-electron chi connectivity index (χ2n) is 5.21. The summed E-state index contributed by atoms with van der Waals surface area (Å²) < 4.78 is 0. The van der Waals surface area contributed by atoms with Gasteiger partial charge in [-0.25, -0.2) is 4.79 Å². The van der Waals surface area contributed by atoms with Crippen LogP contribution in [0, 0.1) is 0 Å². The van der Waals surface area contributed by atoms with E-state index in [2.05, 4.69) is 0 Å². The van der Waals surface area contributed by atoms with E-state index in [1.165, 1.54) is 4.90 Å². The molecule has 0 radical (unpaired) electrons. The van der Waals surface area contributed by atoms with Gasteiger partial charge in [-0.2, -0.15) is 0 Å². The standard InChI is InChI=1S/C12H20N2O3/c13-12(6-4-7-12)11(17)14-8-3-1-2-5-9(14)10(15)16/h9H,1-8,13H2,(H,15,16). The monoisotopic (exact) mass is 240 g/mol. The zero-order valence-corrected chi connectivity index (χ0v) is 10.0. The molecule has 2 fully saturated rings. The van der Waals surface area contributed by atoms with Crippen LogP contribution in [0.25, 0.3) is 0 Å². The summed E-state index contributed by atoms with van der Waals surface area (Å²) in [7, 11) is 0. The number of nitrogens with two attached hydrogens (primary N) is 1. The Hall–Kier alpha value is -1.10. The largest absolute Gasteiger partial charge is 0.480 e. The summed E-state index contributed by atoms with van der Waals surface area (Å²) in [6, 6.07) is -0.675. The van der Waals surface area contributed by atoms with Crippen LogP contribution in [0.15, 0.2) is 0 Å². The number of carbonyl (C=O) groups excluding carboxylic acids is 1. The second-order valence-corrected chi connectivity index (χ2v) is 5.21. The number of carbonyl (C=O) groups is 2. The molecule has 1 atom stereocenters. The molecule has 0 bridgehead atoms. The molecule has 1 aliphatic carbocycles. The SMILES string of the molecule is NC1(C(=O)N2CCCCCC2C(=O)O)CCC1. The maximum Gasteiger partial charge on any atom is 0.326 e. The topological polar surface area (TPSA) is 83.6 Å². The van der Waals surface area contributed by atoms with Crippen molar-refractivity contribution in [3.8, 4) is 0 Å². The van der Waals surface area contributed by atoms with Gasteiger partial charge in [0.25, 0.3) is 0 Å². The number of aliphatic carboxylic acids is 1. The first-order valence-electron chi connectivity index (χ1n) is 6.37. The first-order chi connectivity index (χ1) is 8.04. The third-order valence-corrected chi connectivity index (χ3v) is 3.97. The van der Waals surface area contributed by atoms with Gasteiger partial charge >= 0.3 is 5.97 Å². The van der Waals surface area contributed by atoms with Gasteiger partial charge in [0, 0.05) is 6.54 Å². The Morgan fingerprint density at radius 1 is 1.18 bits per heavy atom. The van der Waals surface area contributed by atoms with Gasteiger partial charge in [-0.05, 0) is 32.1 Å². The minimum atomic E-state index is -0.900. The highest BCUT2D eigenvalue weighted by Gasteiger charge is 2.45. The third-order valence-electron chi connectivity index (χ3n) is 3.97. The highest BCUT2D eigenvalue weighted by atomic mass is 16.4. The maximum absolute atomic E-state index is 12.3. The van der Waals surface area contributed by atoms with Crippen molar-refractivity contribution in [1.29, 1.82) is 0 Å². The van der Waals surface area contributed by atoms with Crippen molar-refractivity contribution in [1.82, 2.24) is 4.90 Å². The van der Waals surface area contributed by atoms with Gasteiger partial charge in [0.2, 0.25) is 5.91 Å². The van der Waals surface area contributed by atoms with Gasteiger partial charge < -0.3 is 15.7 Å². The zero-order valence-electron chi connectivity index (χ0n) is 10.0. The van der Waals surface area contributed by atoms with Crippen LogP contribution in [0.1, 0.15) is 44.9 Å². The number of hydrogen-bond acceptors (Lipinski definition) is 3. The van der Waals surface area contributed by atoms with Crippen molar-refractivity contribution in [2.75, 3.05) is 6.54 Å². The van der Waals surface area contributed by atoms with Crippen LogP contribution in [-0.4, -0.2) is 40.0 Å². The molecule has 1 aliphatic heterocycles. The fraction of sp³-hybridized carbons (Fsp3) is 0.833. The van der Waals surface area contributed by atoms with E-state index in [9.17, 15) is 14.7 Å². The van der Waals surface area contributed by atoms with Gasteiger partial charge in [-0.15, -0.1) is 0 Å². The lowest BCUT2D eigenvalue weighted by atomic mass is 9.76. The maximum atomic E-state index is 12.3. The van der Waals surface area contributed by atoms with E-state index in [1.807, 2.05) is 0 Å². The molecule has 1 saturated heterocycles. The van der Waals surface area contributed by atoms with Crippen LogP contribution >= 0.6 is 0 Å². The Morgan fingerprint density at radius 3 is 2.41 bits per heavy atom. The summed E-state index contributed by atoms with van der Waals surface area (Å²) in [5, 5.41) is 9.20. The Labute approximate surface area is 101 Å². The van der Waals surface area contributed by atoms with E-state index in [0.717, 1.165) is 25.7 Å². The molecule has 3 N–H and O–H groups in total. The van der Waals surface area contributed by atoms with E-state index < -0.39 is 17.6 Å². The summed E-state index contributed by atoms with van der Waals surface area (Å²) in [6.45, 7) is 0.536. The Morgan fingerprint density at radius 2 is 1.88 bits per heavy atom. The molecule has 5 heteroatoms. The van der Waals surface area contributed by atoms with Crippen molar-refractivity contribution in [3.05, 3.63) is 0 Å². The molecule has 0 aromatic carbocycles. The summed E-state index contributed by atoms with van der Waals surface area (Å²) in [4.78, 5) is 25.0. The van der Waals surface area contributed by atoms with Crippen molar-refractivity contribution in [2.45, 2.75) is 56.5 Å². The zero-order chi connectivity index (χ0) is 12.5. The molecule has 0 aromatic heterocycles. The molecule has 0 aromatic rings. The molecule has 17 heavy (non-hydrogen) atoms. The second kappa shape index (κ2) is 4.64. The molecule has 1 heterocycles. The average Bonchev–Trinajstić information content (AvgIpc) is 2.49. The molecular formula is C12H20N2O3. The fourth-order valence-electron chi connectivity index (χ4n) is 2.67. The third kappa shape index (κ3) is 2.29. The molecule has 1 unspecified atom stereocenters. The fourth-order valence-corrected chi connectivity index (χ4v) is 2.67. The molecular weight excluding hydrogens is 220 g/mol. The predicted octanol–water partition coefficient (Wildman–Crippen LogP) is 0.724. The van der Waals surface area contributed by atoms with Crippen LogP contribution in [0.2, 0.25) is 0 Å².